The molecule has 2 heterocycles. The number of aryl methyl sites for hydroxylation is 1. The molecule has 1 aliphatic carbocycles. The molecule has 2 aliphatic rings. The summed E-state index contributed by atoms with van der Waals surface area (Å²) in [6.07, 6.45) is 2.49. The molecule has 1 aliphatic heterocycles. The zero-order valence-electron chi connectivity index (χ0n) is 16.8. The molecule has 2 atom stereocenters. The second-order valence-electron chi connectivity index (χ2n) is 8.19. The Kier molecular flexibility index (Phi) is 5.69. The van der Waals surface area contributed by atoms with Crippen molar-refractivity contribution < 1.29 is 18.4 Å². The number of rotatable bonds is 6. The minimum absolute atomic E-state index is 0.0149. The minimum Gasteiger partial charge on any atom is -0.466 e. The van der Waals surface area contributed by atoms with Crippen LogP contribution in [0.15, 0.2) is 40.8 Å². The van der Waals surface area contributed by atoms with E-state index < -0.39 is 0 Å². The highest BCUT2D eigenvalue weighted by molar-refractivity contribution is 5.80. The molecule has 0 spiro atoms. The van der Waals surface area contributed by atoms with Gasteiger partial charge in [-0.25, -0.2) is 4.39 Å². The van der Waals surface area contributed by atoms with Crippen LogP contribution in [0.3, 0.4) is 0 Å². The fourth-order valence-corrected chi connectivity index (χ4v) is 3.93. The van der Waals surface area contributed by atoms with Crippen LogP contribution >= 0.6 is 0 Å². The largest absolute Gasteiger partial charge is 0.466 e. The van der Waals surface area contributed by atoms with Gasteiger partial charge in [0.2, 0.25) is 11.8 Å². The van der Waals surface area contributed by atoms with Crippen molar-refractivity contribution in [2.75, 3.05) is 26.2 Å². The Morgan fingerprint density at radius 3 is 2.24 bits per heavy atom. The monoisotopic (exact) mass is 398 g/mol. The van der Waals surface area contributed by atoms with Crippen LogP contribution in [0.4, 0.5) is 4.39 Å². The SMILES string of the molecule is CC1CC1c1ccc(CCC(=O)N2CCN(C(=O)Cc3ccc(F)cc3)CC2)o1. The third-order valence-corrected chi connectivity index (χ3v) is 6.00. The highest BCUT2D eigenvalue weighted by Crippen LogP contribution is 2.47. The van der Waals surface area contributed by atoms with Gasteiger partial charge >= 0.3 is 0 Å². The second kappa shape index (κ2) is 8.39. The van der Waals surface area contributed by atoms with E-state index in [9.17, 15) is 14.0 Å². The Morgan fingerprint density at radius 1 is 1.00 bits per heavy atom. The highest BCUT2D eigenvalue weighted by atomic mass is 19.1. The summed E-state index contributed by atoms with van der Waals surface area (Å²) in [4.78, 5) is 28.6. The molecular formula is C23H27FN2O3. The van der Waals surface area contributed by atoms with Crippen molar-refractivity contribution in [3.63, 3.8) is 0 Å². The summed E-state index contributed by atoms with van der Waals surface area (Å²) >= 11 is 0. The highest BCUT2D eigenvalue weighted by Gasteiger charge is 2.36. The fraction of sp³-hybridized carbons (Fsp3) is 0.478. The van der Waals surface area contributed by atoms with Crippen molar-refractivity contribution in [1.82, 2.24) is 9.80 Å². The van der Waals surface area contributed by atoms with E-state index in [1.165, 1.54) is 18.6 Å². The minimum atomic E-state index is -0.304. The van der Waals surface area contributed by atoms with Crippen molar-refractivity contribution in [2.45, 2.75) is 38.5 Å². The number of furan rings is 1. The van der Waals surface area contributed by atoms with Gasteiger partial charge in [-0.3, -0.25) is 9.59 Å². The summed E-state index contributed by atoms with van der Waals surface area (Å²) in [6, 6.07) is 10.0. The number of benzene rings is 1. The molecule has 5 nitrogen and oxygen atoms in total. The van der Waals surface area contributed by atoms with Gasteiger partial charge in [-0.1, -0.05) is 19.1 Å². The van der Waals surface area contributed by atoms with Crippen molar-refractivity contribution in [2.24, 2.45) is 5.92 Å². The number of nitrogens with zero attached hydrogens (tertiary/aromatic N) is 2. The molecule has 2 aromatic rings. The van der Waals surface area contributed by atoms with Gasteiger partial charge in [-0.2, -0.15) is 0 Å². The Hall–Kier alpha value is -2.63. The van der Waals surface area contributed by atoms with E-state index in [1.54, 1.807) is 17.0 Å². The van der Waals surface area contributed by atoms with Crippen LogP contribution in [0.25, 0.3) is 0 Å². The zero-order chi connectivity index (χ0) is 20.4. The fourth-order valence-electron chi connectivity index (χ4n) is 3.93. The van der Waals surface area contributed by atoms with Gasteiger partial charge in [0.05, 0.1) is 6.42 Å². The molecule has 0 N–H and O–H groups in total. The van der Waals surface area contributed by atoms with Crippen LogP contribution in [-0.4, -0.2) is 47.8 Å². The predicted octanol–water partition coefficient (Wildman–Crippen LogP) is 3.39. The van der Waals surface area contributed by atoms with E-state index in [2.05, 4.69) is 6.92 Å². The molecule has 1 saturated heterocycles. The van der Waals surface area contributed by atoms with Gasteiger partial charge < -0.3 is 14.2 Å². The van der Waals surface area contributed by atoms with Crippen molar-refractivity contribution >= 4 is 11.8 Å². The van der Waals surface area contributed by atoms with E-state index in [-0.39, 0.29) is 24.1 Å². The number of carbonyl (C=O) groups is 2. The Morgan fingerprint density at radius 2 is 1.62 bits per heavy atom. The van der Waals surface area contributed by atoms with E-state index in [0.29, 0.717) is 50.9 Å². The molecule has 0 radical (unpaired) electrons. The molecule has 2 amide bonds. The molecule has 4 rings (SSSR count). The first-order valence-corrected chi connectivity index (χ1v) is 10.4. The number of amides is 2. The summed E-state index contributed by atoms with van der Waals surface area (Å²) in [5, 5.41) is 0. The van der Waals surface area contributed by atoms with Crippen LogP contribution in [0.5, 0.6) is 0 Å². The lowest BCUT2D eigenvalue weighted by Crippen LogP contribution is -2.51. The molecule has 0 bridgehead atoms. The standard InChI is InChI=1S/C23H27FN2O3/c1-16-14-20(16)21-8-6-19(29-21)7-9-22(27)25-10-12-26(13-11-25)23(28)15-17-2-4-18(24)5-3-17/h2-6,8,16,20H,7,9-15H2,1H3. The van der Waals surface area contributed by atoms with Gasteiger partial charge in [-0.05, 0) is 42.2 Å². The first-order chi connectivity index (χ1) is 14.0. The Bertz CT molecular complexity index is 869. The molecule has 29 heavy (non-hydrogen) atoms. The van der Waals surface area contributed by atoms with Gasteiger partial charge in [0.25, 0.3) is 0 Å². The normalized spacial score (nSPS) is 21.3. The molecule has 1 aromatic heterocycles. The van der Waals surface area contributed by atoms with E-state index in [1.807, 2.05) is 17.0 Å². The van der Waals surface area contributed by atoms with Crippen molar-refractivity contribution in [3.8, 4) is 0 Å². The lowest BCUT2D eigenvalue weighted by Gasteiger charge is -2.35. The summed E-state index contributed by atoms with van der Waals surface area (Å²) in [7, 11) is 0. The van der Waals surface area contributed by atoms with E-state index >= 15 is 0 Å². The van der Waals surface area contributed by atoms with Crippen LogP contribution in [0, 0.1) is 11.7 Å². The van der Waals surface area contributed by atoms with Crippen molar-refractivity contribution in [3.05, 3.63) is 59.3 Å². The number of hydrogen-bond acceptors (Lipinski definition) is 3. The van der Waals surface area contributed by atoms with Crippen LogP contribution in [0.1, 0.15) is 42.8 Å². The summed E-state index contributed by atoms with van der Waals surface area (Å²) < 4.78 is 18.9. The maximum absolute atomic E-state index is 13.0. The molecule has 6 heteroatoms. The summed E-state index contributed by atoms with van der Waals surface area (Å²) in [5.41, 5.74) is 0.799. The third kappa shape index (κ3) is 4.86. The van der Waals surface area contributed by atoms with E-state index in [4.69, 9.17) is 4.42 Å². The Balaban J connectivity index is 1.20. The lowest BCUT2D eigenvalue weighted by molar-refractivity contribution is -0.139. The smallest absolute Gasteiger partial charge is 0.227 e. The lowest BCUT2D eigenvalue weighted by atomic mass is 10.1. The second-order valence-corrected chi connectivity index (χ2v) is 8.19. The van der Waals surface area contributed by atoms with Gasteiger partial charge in [0.1, 0.15) is 17.3 Å². The van der Waals surface area contributed by atoms with Gasteiger partial charge in [-0.15, -0.1) is 0 Å². The molecule has 2 unspecified atom stereocenters. The van der Waals surface area contributed by atoms with Crippen LogP contribution in [0.2, 0.25) is 0 Å². The average Bonchev–Trinajstić information content (AvgIpc) is 3.27. The average molecular weight is 398 g/mol. The maximum Gasteiger partial charge on any atom is 0.227 e. The van der Waals surface area contributed by atoms with Gasteiger partial charge in [0, 0.05) is 44.9 Å². The number of piperazine rings is 1. The zero-order valence-corrected chi connectivity index (χ0v) is 16.8. The molecule has 154 valence electrons. The van der Waals surface area contributed by atoms with E-state index in [0.717, 1.165) is 17.1 Å². The first-order valence-electron chi connectivity index (χ1n) is 10.4. The number of carbonyl (C=O) groups excluding carboxylic acids is 2. The van der Waals surface area contributed by atoms with Crippen LogP contribution in [-0.2, 0) is 22.4 Å². The Labute approximate surface area is 170 Å². The molecule has 2 fully saturated rings. The van der Waals surface area contributed by atoms with Crippen LogP contribution < -0.4 is 0 Å². The topological polar surface area (TPSA) is 53.8 Å². The summed E-state index contributed by atoms with van der Waals surface area (Å²) in [5.74, 6) is 3.00. The number of hydrogen-bond donors (Lipinski definition) is 0. The number of halogens is 1. The quantitative estimate of drug-likeness (QED) is 0.750. The third-order valence-electron chi connectivity index (χ3n) is 6.00. The predicted molar refractivity (Wildman–Crippen MR) is 107 cm³/mol. The first kappa shape index (κ1) is 19.7. The molecular weight excluding hydrogens is 371 g/mol. The molecule has 1 saturated carbocycles. The maximum atomic E-state index is 13.0. The van der Waals surface area contributed by atoms with Crippen molar-refractivity contribution in [1.29, 1.82) is 0 Å². The van der Waals surface area contributed by atoms with Gasteiger partial charge in [0.15, 0.2) is 0 Å². The summed E-state index contributed by atoms with van der Waals surface area (Å²) in [6.45, 7) is 4.40. The molecule has 1 aromatic carbocycles.